The number of halogens is 1. The number of carbonyl (C=O) groups is 1. The number of benzene rings is 1. The highest BCUT2D eigenvalue weighted by Crippen LogP contribution is 2.17. The van der Waals surface area contributed by atoms with Gasteiger partial charge in [0.2, 0.25) is 10.0 Å². The molecule has 0 aliphatic heterocycles. The number of ether oxygens (including phenoxy) is 1. The van der Waals surface area contributed by atoms with Crippen LogP contribution in [0.2, 0.25) is 0 Å². The molecule has 0 saturated carbocycles. The fraction of sp³-hybridized carbons (Fsp3) is 0.211. The first-order chi connectivity index (χ1) is 15.9. The number of oxime groups is 1. The molecule has 2 aromatic heterocycles. The summed E-state index contributed by atoms with van der Waals surface area (Å²) in [5, 5.41) is 5.76. The monoisotopic (exact) mass is 494 g/mol. The Hall–Kier alpha value is -3.33. The van der Waals surface area contributed by atoms with E-state index in [-0.39, 0.29) is 41.1 Å². The molecule has 0 radical (unpaired) electrons. The van der Waals surface area contributed by atoms with E-state index in [1.165, 1.54) is 43.8 Å². The lowest BCUT2D eigenvalue weighted by molar-refractivity contribution is -0.110. The van der Waals surface area contributed by atoms with Crippen molar-refractivity contribution in [3.8, 4) is 0 Å². The molecule has 33 heavy (non-hydrogen) atoms. The van der Waals surface area contributed by atoms with Gasteiger partial charge in [0.15, 0.2) is 28.4 Å². The summed E-state index contributed by atoms with van der Waals surface area (Å²) in [6.07, 6.45) is 4.02. The molecule has 0 aliphatic rings. The van der Waals surface area contributed by atoms with E-state index in [1.54, 1.807) is 6.07 Å². The molecule has 2 heterocycles. The van der Waals surface area contributed by atoms with Crippen LogP contribution in [0.1, 0.15) is 11.4 Å². The van der Waals surface area contributed by atoms with Gasteiger partial charge >= 0.3 is 0 Å². The highest BCUT2D eigenvalue weighted by molar-refractivity contribution is 7.89. The van der Waals surface area contributed by atoms with Crippen LogP contribution in [0.3, 0.4) is 0 Å². The molecular weight excluding hydrogens is 475 g/mol. The molecule has 0 aliphatic carbocycles. The summed E-state index contributed by atoms with van der Waals surface area (Å²) in [5.74, 6) is -0.390. The van der Waals surface area contributed by atoms with E-state index in [2.05, 4.69) is 30.1 Å². The molecule has 14 heteroatoms. The van der Waals surface area contributed by atoms with E-state index >= 15 is 0 Å². The van der Waals surface area contributed by atoms with Crippen LogP contribution in [0.5, 0.6) is 0 Å². The fourth-order valence-electron chi connectivity index (χ4n) is 2.41. The summed E-state index contributed by atoms with van der Waals surface area (Å²) in [6, 6.07) is 7.06. The smallest absolute Gasteiger partial charge is 0.280 e. The van der Waals surface area contributed by atoms with Gasteiger partial charge in [0.1, 0.15) is 0 Å². The van der Waals surface area contributed by atoms with Gasteiger partial charge in [-0.3, -0.25) is 10.1 Å². The largest absolute Gasteiger partial charge is 0.387 e. The molecule has 0 fully saturated rings. The van der Waals surface area contributed by atoms with Crippen molar-refractivity contribution in [1.82, 2.24) is 19.7 Å². The number of hydrogen-bond donors (Lipinski definition) is 2. The van der Waals surface area contributed by atoms with Crippen molar-refractivity contribution in [3.63, 3.8) is 0 Å². The maximum Gasteiger partial charge on any atom is 0.280 e. The first-order valence-corrected chi connectivity index (χ1v) is 11.7. The number of nitrogens with one attached hydrogen (secondary N) is 2. The van der Waals surface area contributed by atoms with Crippen molar-refractivity contribution in [2.45, 2.75) is 11.5 Å². The molecule has 3 aromatic rings. The summed E-state index contributed by atoms with van der Waals surface area (Å²) < 4.78 is 45.1. The van der Waals surface area contributed by atoms with Gasteiger partial charge in [-0.05, 0) is 18.2 Å². The van der Waals surface area contributed by atoms with Crippen LogP contribution in [0, 0.1) is 5.13 Å². The van der Waals surface area contributed by atoms with Crippen molar-refractivity contribution in [2.24, 2.45) is 5.16 Å². The normalized spacial score (nSPS) is 11.9. The first-order valence-electron chi connectivity index (χ1n) is 9.36. The molecule has 1 aromatic carbocycles. The number of anilines is 1. The Bertz CT molecular complexity index is 1200. The number of nitrogens with zero attached hydrogens (tertiary/aromatic N) is 4. The molecule has 0 unspecified atom stereocenters. The lowest BCUT2D eigenvalue weighted by atomic mass is 10.1. The topological polar surface area (TPSA) is 145 Å². The molecule has 174 valence electrons. The van der Waals surface area contributed by atoms with Crippen molar-refractivity contribution in [3.05, 3.63) is 65.4 Å². The molecule has 1 amide bonds. The molecule has 11 nitrogen and oxygen atoms in total. The van der Waals surface area contributed by atoms with E-state index in [9.17, 15) is 17.6 Å². The third-order valence-corrected chi connectivity index (χ3v) is 6.10. The number of methoxy groups -OCH3 is 1. The van der Waals surface area contributed by atoms with E-state index in [1.807, 2.05) is 0 Å². The minimum absolute atomic E-state index is 0.0114. The molecular formula is C19H19FN6O5S2. The van der Waals surface area contributed by atoms with Crippen molar-refractivity contribution in [1.29, 1.82) is 0 Å². The Morgan fingerprint density at radius 3 is 2.55 bits per heavy atom. The molecule has 0 saturated heterocycles. The van der Waals surface area contributed by atoms with E-state index in [0.717, 1.165) is 6.20 Å². The number of hydrogen-bond acceptors (Lipinski definition) is 10. The van der Waals surface area contributed by atoms with E-state index in [0.29, 0.717) is 17.2 Å². The maximum absolute atomic E-state index is 13.2. The van der Waals surface area contributed by atoms with E-state index in [4.69, 9.17) is 9.57 Å². The third kappa shape index (κ3) is 7.08. The highest BCUT2D eigenvalue weighted by atomic mass is 32.2. The second-order valence-corrected chi connectivity index (χ2v) is 8.96. The van der Waals surface area contributed by atoms with Crippen LogP contribution >= 0.6 is 11.3 Å². The average Bonchev–Trinajstić information content (AvgIpc) is 3.22. The predicted octanol–water partition coefficient (Wildman–Crippen LogP) is 1.56. The van der Waals surface area contributed by atoms with Gasteiger partial charge in [0, 0.05) is 31.6 Å². The Morgan fingerprint density at radius 1 is 1.18 bits per heavy atom. The fourth-order valence-corrected chi connectivity index (χ4v) is 3.96. The SMILES string of the molecule is COCCNS(=O)(=O)c1ccc(/C(=N\OCc2ncccn2)C(=O)Nc2ncc(F)s2)cc1. The number of thiazole rings is 1. The van der Waals surface area contributed by atoms with Crippen molar-refractivity contribution < 1.29 is 27.2 Å². The second-order valence-electron chi connectivity index (χ2n) is 6.22. The second kappa shape index (κ2) is 11.5. The van der Waals surface area contributed by atoms with Gasteiger partial charge < -0.3 is 9.57 Å². The quantitative estimate of drug-likeness (QED) is 0.232. The summed E-state index contributed by atoms with van der Waals surface area (Å²) in [4.78, 5) is 29.7. The van der Waals surface area contributed by atoms with Gasteiger partial charge in [-0.2, -0.15) is 4.39 Å². The van der Waals surface area contributed by atoms with Crippen LogP contribution in [-0.2, 0) is 31.0 Å². The average molecular weight is 495 g/mol. The van der Waals surface area contributed by atoms with Crippen LogP contribution in [0.15, 0.2) is 59.0 Å². The van der Waals surface area contributed by atoms with Gasteiger partial charge in [-0.25, -0.2) is 28.1 Å². The Kier molecular flexibility index (Phi) is 8.48. The molecule has 3 rings (SSSR count). The predicted molar refractivity (Wildman–Crippen MR) is 118 cm³/mol. The molecule has 0 spiro atoms. The zero-order valence-electron chi connectivity index (χ0n) is 17.3. The van der Waals surface area contributed by atoms with Crippen LogP contribution in [0.4, 0.5) is 9.52 Å². The van der Waals surface area contributed by atoms with E-state index < -0.39 is 21.1 Å². The molecule has 0 atom stereocenters. The minimum Gasteiger partial charge on any atom is -0.387 e. The third-order valence-electron chi connectivity index (χ3n) is 3.92. The number of aromatic nitrogens is 3. The standard InChI is InChI=1S/C19H19FN6O5S2/c1-30-10-9-24-33(28,29)14-5-3-13(4-6-14)17(18(27)25-19-23-11-15(20)32-19)26-31-12-16-21-7-2-8-22-16/h2-8,11,24H,9-10,12H2,1H3,(H,23,25,27)/b26-17+. The summed E-state index contributed by atoms with van der Waals surface area (Å²) >= 11 is 0.641. The van der Waals surface area contributed by atoms with Gasteiger partial charge in [-0.15, -0.1) is 0 Å². The van der Waals surface area contributed by atoms with Crippen molar-refractivity contribution in [2.75, 3.05) is 25.6 Å². The number of rotatable bonds is 11. The lowest BCUT2D eigenvalue weighted by Gasteiger charge is -2.09. The number of amides is 1. The Labute approximate surface area is 192 Å². The zero-order valence-corrected chi connectivity index (χ0v) is 18.9. The van der Waals surface area contributed by atoms with Crippen molar-refractivity contribution >= 4 is 38.1 Å². The first kappa shape index (κ1) is 24.3. The molecule has 2 N–H and O–H groups in total. The Balaban J connectivity index is 1.81. The highest BCUT2D eigenvalue weighted by Gasteiger charge is 2.19. The Morgan fingerprint density at radius 2 is 1.91 bits per heavy atom. The maximum atomic E-state index is 13.2. The zero-order chi connectivity index (χ0) is 23.7. The number of carbonyl (C=O) groups excluding carboxylic acids is 1. The summed E-state index contributed by atoms with van der Waals surface area (Å²) in [6.45, 7) is 0.211. The van der Waals surface area contributed by atoms with Crippen LogP contribution in [-0.4, -0.2) is 55.3 Å². The minimum atomic E-state index is -3.76. The van der Waals surface area contributed by atoms with Gasteiger partial charge in [-0.1, -0.05) is 28.6 Å². The lowest BCUT2D eigenvalue weighted by Crippen LogP contribution is -2.27. The van der Waals surface area contributed by atoms with Gasteiger partial charge in [0.25, 0.3) is 5.91 Å². The van der Waals surface area contributed by atoms with Crippen LogP contribution in [0.25, 0.3) is 0 Å². The number of sulfonamides is 1. The molecule has 0 bridgehead atoms. The van der Waals surface area contributed by atoms with Gasteiger partial charge in [0.05, 0.1) is 17.7 Å². The summed E-state index contributed by atoms with van der Waals surface area (Å²) in [7, 11) is -2.30. The van der Waals surface area contributed by atoms with Crippen LogP contribution < -0.4 is 10.0 Å². The summed E-state index contributed by atoms with van der Waals surface area (Å²) in [5.41, 5.74) is 0.0761.